The molecule has 0 radical (unpaired) electrons. The molecule has 4 aliphatic rings. The molecule has 0 N–H and O–H groups in total. The van der Waals surface area contributed by atoms with Gasteiger partial charge in [0.25, 0.3) is 0 Å². The smallest absolute Gasteiger partial charge is 0.317 e. The van der Waals surface area contributed by atoms with Crippen LogP contribution in [0.4, 0.5) is 0 Å². The topological polar surface area (TPSA) is 43.4 Å². The normalized spacial score (nSPS) is 29.6. The fourth-order valence-corrected chi connectivity index (χ4v) is 10.7. The maximum absolute atomic E-state index is 15.3. The van der Waals surface area contributed by atoms with Gasteiger partial charge in [-0.3, -0.25) is 4.79 Å². The predicted octanol–water partition coefficient (Wildman–Crippen LogP) is 6.32. The summed E-state index contributed by atoms with van der Waals surface area (Å²) in [5.74, 6) is 2.05. The Kier molecular flexibility index (Phi) is 5.84. The monoisotopic (exact) mass is 464 g/mol. The Bertz CT molecular complexity index is 959. The van der Waals surface area contributed by atoms with E-state index in [0.717, 1.165) is 28.4 Å². The van der Waals surface area contributed by atoms with Gasteiger partial charge in [-0.2, -0.15) is 0 Å². The lowest BCUT2D eigenvalue weighted by Gasteiger charge is -2.57. The Hall–Kier alpha value is -1.86. The Balaban J connectivity index is 1.61. The number of esters is 1. The second-order valence-corrected chi connectivity index (χ2v) is 15.0. The van der Waals surface area contributed by atoms with Crippen LogP contribution in [0.1, 0.15) is 65.7 Å². The van der Waals surface area contributed by atoms with Crippen molar-refractivity contribution >= 4 is 23.7 Å². The minimum absolute atomic E-state index is 0.121. The first kappa shape index (κ1) is 22.9. The molecule has 0 heterocycles. The minimum Gasteiger partial charge on any atom is -0.459 e. The zero-order valence-corrected chi connectivity index (χ0v) is 21.1. The summed E-state index contributed by atoms with van der Waals surface area (Å²) in [6.45, 7) is 5.72. The summed E-state index contributed by atoms with van der Waals surface area (Å²) < 4.78 is 21.3. The highest BCUT2D eigenvalue weighted by Crippen LogP contribution is 2.64. The highest BCUT2D eigenvalue weighted by Gasteiger charge is 2.55. The predicted molar refractivity (Wildman–Crippen MR) is 135 cm³/mol. The van der Waals surface area contributed by atoms with Gasteiger partial charge in [-0.05, 0) is 88.9 Å². The third kappa shape index (κ3) is 4.46. The van der Waals surface area contributed by atoms with E-state index in [1.54, 1.807) is 0 Å². The maximum Gasteiger partial charge on any atom is 0.317 e. The van der Waals surface area contributed by atoms with E-state index >= 15 is 4.57 Å². The van der Waals surface area contributed by atoms with Gasteiger partial charge in [-0.15, -0.1) is 0 Å². The Labute approximate surface area is 198 Å². The fourth-order valence-electron chi connectivity index (χ4n) is 7.49. The molecule has 2 aromatic rings. The first-order valence-electron chi connectivity index (χ1n) is 12.6. The molecule has 6 rings (SSSR count). The van der Waals surface area contributed by atoms with Crippen LogP contribution in [0, 0.1) is 23.2 Å². The molecule has 3 nitrogen and oxygen atoms in total. The van der Waals surface area contributed by atoms with Gasteiger partial charge >= 0.3 is 5.97 Å². The highest BCUT2D eigenvalue weighted by molar-refractivity contribution is 7.80. The van der Waals surface area contributed by atoms with Crippen LogP contribution < -0.4 is 10.6 Å². The van der Waals surface area contributed by atoms with Crippen LogP contribution in [0.3, 0.4) is 0 Å². The molecule has 4 fully saturated rings. The quantitative estimate of drug-likeness (QED) is 0.371. The standard InChI is InChI=1S/C29H37O3P/c1-28(2,3)32-27(30)26(20-29-17-21-14-22(18-29)16-23(15-21)19-29)33(31,24-10-6-4-7-11-24)25-12-8-5-9-13-25/h4-13,21-23,26H,14-20H2,1-3H3. The van der Waals surface area contributed by atoms with Crippen molar-refractivity contribution in [1.29, 1.82) is 0 Å². The summed E-state index contributed by atoms with van der Waals surface area (Å²) >= 11 is 0. The lowest BCUT2D eigenvalue weighted by Crippen LogP contribution is -2.49. The lowest BCUT2D eigenvalue weighted by atomic mass is 9.48. The highest BCUT2D eigenvalue weighted by atomic mass is 31.2. The molecule has 0 spiro atoms. The van der Waals surface area contributed by atoms with Crippen molar-refractivity contribution in [2.75, 3.05) is 0 Å². The average molecular weight is 465 g/mol. The molecule has 4 saturated carbocycles. The first-order valence-corrected chi connectivity index (χ1v) is 14.4. The minimum atomic E-state index is -3.27. The van der Waals surface area contributed by atoms with Crippen molar-refractivity contribution in [2.24, 2.45) is 23.2 Å². The van der Waals surface area contributed by atoms with Crippen molar-refractivity contribution in [3.05, 3.63) is 60.7 Å². The van der Waals surface area contributed by atoms with Gasteiger partial charge in [0.15, 0.2) is 7.14 Å². The Morgan fingerprint density at radius 3 is 1.70 bits per heavy atom. The molecule has 176 valence electrons. The summed E-state index contributed by atoms with van der Waals surface area (Å²) in [5.41, 5.74) is -1.15. The van der Waals surface area contributed by atoms with Crippen LogP contribution in [0.5, 0.6) is 0 Å². The van der Waals surface area contributed by atoms with Crippen LogP contribution in [-0.4, -0.2) is 17.2 Å². The number of rotatable bonds is 6. The number of ether oxygens (including phenoxy) is 1. The van der Waals surface area contributed by atoms with Crippen LogP contribution in [-0.2, 0) is 14.1 Å². The zero-order chi connectivity index (χ0) is 23.3. The molecular formula is C29H37O3P. The van der Waals surface area contributed by atoms with Gasteiger partial charge in [-0.1, -0.05) is 60.7 Å². The molecule has 1 unspecified atom stereocenters. The number of benzene rings is 2. The molecule has 0 saturated heterocycles. The maximum atomic E-state index is 15.3. The molecule has 0 aliphatic heterocycles. The number of carbonyl (C=O) groups excluding carboxylic acids is 1. The first-order chi connectivity index (χ1) is 15.7. The van der Waals surface area contributed by atoms with Crippen molar-refractivity contribution in [3.63, 3.8) is 0 Å². The van der Waals surface area contributed by atoms with Crippen molar-refractivity contribution in [1.82, 2.24) is 0 Å². The molecule has 2 aromatic carbocycles. The SMILES string of the molecule is CC(C)(C)OC(=O)C(CC12CC3CC(CC(C3)C1)C2)P(=O)(c1ccccc1)c1ccccc1. The number of carbonyl (C=O) groups is 1. The molecule has 4 bridgehead atoms. The van der Waals surface area contributed by atoms with Gasteiger partial charge in [0, 0.05) is 10.6 Å². The van der Waals surface area contributed by atoms with Gasteiger partial charge in [0.2, 0.25) is 0 Å². The van der Waals surface area contributed by atoms with Crippen molar-refractivity contribution in [3.8, 4) is 0 Å². The van der Waals surface area contributed by atoms with Crippen molar-refractivity contribution < 1.29 is 14.1 Å². The van der Waals surface area contributed by atoms with Crippen LogP contribution in [0.25, 0.3) is 0 Å². The Morgan fingerprint density at radius 1 is 0.879 bits per heavy atom. The van der Waals surface area contributed by atoms with E-state index in [-0.39, 0.29) is 11.4 Å². The molecular weight excluding hydrogens is 427 g/mol. The zero-order valence-electron chi connectivity index (χ0n) is 20.2. The van der Waals surface area contributed by atoms with E-state index in [0.29, 0.717) is 6.42 Å². The third-order valence-corrected chi connectivity index (χ3v) is 11.6. The fraction of sp³-hybridized carbons (Fsp3) is 0.552. The van der Waals surface area contributed by atoms with Gasteiger partial charge < -0.3 is 9.30 Å². The summed E-state index contributed by atoms with van der Waals surface area (Å²) in [6.07, 6.45) is 8.28. The molecule has 4 heteroatoms. The molecule has 4 aliphatic carbocycles. The van der Waals surface area contributed by atoms with E-state index in [1.165, 1.54) is 38.5 Å². The van der Waals surface area contributed by atoms with Gasteiger partial charge in [0.05, 0.1) is 0 Å². The number of hydrogen-bond donors (Lipinski definition) is 0. The number of hydrogen-bond acceptors (Lipinski definition) is 3. The molecule has 1 atom stereocenters. The van der Waals surface area contributed by atoms with E-state index in [9.17, 15) is 4.79 Å². The van der Waals surface area contributed by atoms with E-state index in [2.05, 4.69) is 0 Å². The lowest BCUT2D eigenvalue weighted by molar-refractivity contribution is -0.156. The van der Waals surface area contributed by atoms with E-state index in [1.807, 2.05) is 81.4 Å². The Morgan fingerprint density at radius 2 is 1.30 bits per heavy atom. The summed E-state index contributed by atoms with van der Waals surface area (Å²) in [5, 5.41) is 1.52. The second kappa shape index (κ2) is 8.42. The van der Waals surface area contributed by atoms with Crippen LogP contribution >= 0.6 is 7.14 Å². The molecule has 0 aromatic heterocycles. The van der Waals surface area contributed by atoms with E-state index in [4.69, 9.17) is 4.74 Å². The largest absolute Gasteiger partial charge is 0.459 e. The molecule has 33 heavy (non-hydrogen) atoms. The molecule has 0 amide bonds. The van der Waals surface area contributed by atoms with E-state index < -0.39 is 18.4 Å². The average Bonchev–Trinajstić information content (AvgIpc) is 2.76. The second-order valence-electron chi connectivity index (χ2n) is 12.0. The van der Waals surface area contributed by atoms with Gasteiger partial charge in [-0.25, -0.2) is 0 Å². The third-order valence-electron chi connectivity index (χ3n) is 8.19. The van der Waals surface area contributed by atoms with Crippen LogP contribution in [0.15, 0.2) is 60.7 Å². The van der Waals surface area contributed by atoms with Crippen molar-refractivity contribution in [2.45, 2.75) is 77.0 Å². The van der Waals surface area contributed by atoms with Gasteiger partial charge in [0.1, 0.15) is 11.3 Å². The van der Waals surface area contributed by atoms with Crippen LogP contribution in [0.2, 0.25) is 0 Å². The summed E-state index contributed by atoms with van der Waals surface area (Å²) in [6, 6.07) is 19.4. The summed E-state index contributed by atoms with van der Waals surface area (Å²) in [7, 11) is -3.27. The summed E-state index contributed by atoms with van der Waals surface area (Å²) in [4.78, 5) is 13.9.